The Morgan fingerprint density at radius 2 is 1.81 bits per heavy atom. The van der Waals surface area contributed by atoms with Crippen LogP contribution >= 0.6 is 11.8 Å². The molecule has 21 heavy (non-hydrogen) atoms. The number of hydrogen-bond donors (Lipinski definition) is 1. The van der Waals surface area contributed by atoms with Crippen LogP contribution in [0.15, 0.2) is 47.4 Å². The van der Waals surface area contributed by atoms with Gasteiger partial charge in [-0.2, -0.15) is 0 Å². The van der Waals surface area contributed by atoms with E-state index in [0.717, 1.165) is 16.2 Å². The molecule has 5 heteroatoms. The Labute approximate surface area is 128 Å². The van der Waals surface area contributed by atoms with E-state index in [9.17, 15) is 10.1 Å². The Morgan fingerprint density at radius 1 is 1.14 bits per heavy atom. The van der Waals surface area contributed by atoms with E-state index in [2.05, 4.69) is 32.0 Å². The molecule has 0 aliphatic carbocycles. The van der Waals surface area contributed by atoms with E-state index in [4.69, 9.17) is 5.73 Å². The van der Waals surface area contributed by atoms with Gasteiger partial charge in [-0.05, 0) is 42.7 Å². The first-order valence-electron chi connectivity index (χ1n) is 6.67. The fourth-order valence-corrected chi connectivity index (χ4v) is 2.83. The molecule has 2 N–H and O–H groups in total. The molecule has 0 saturated carbocycles. The van der Waals surface area contributed by atoms with Gasteiger partial charge < -0.3 is 5.73 Å². The number of hydrogen-bond acceptors (Lipinski definition) is 4. The largest absolute Gasteiger partial charge is 0.323 e. The number of aryl methyl sites for hydroxylation is 2. The minimum absolute atomic E-state index is 0.0514. The van der Waals surface area contributed by atoms with Crippen LogP contribution in [-0.2, 0) is 0 Å². The van der Waals surface area contributed by atoms with Crippen molar-refractivity contribution in [3.8, 4) is 0 Å². The van der Waals surface area contributed by atoms with Crippen LogP contribution in [-0.4, -0.2) is 10.7 Å². The molecular weight excluding hydrogens is 284 g/mol. The molecule has 2 aromatic rings. The van der Waals surface area contributed by atoms with Crippen LogP contribution in [0.2, 0.25) is 0 Å². The minimum Gasteiger partial charge on any atom is -0.323 e. The van der Waals surface area contributed by atoms with Gasteiger partial charge in [-0.1, -0.05) is 18.2 Å². The number of nitro benzene ring substituents is 1. The minimum atomic E-state index is -0.394. The summed E-state index contributed by atoms with van der Waals surface area (Å²) in [5.74, 6) is 0.736. The fourth-order valence-electron chi connectivity index (χ4n) is 1.94. The van der Waals surface area contributed by atoms with Crippen molar-refractivity contribution < 1.29 is 4.92 Å². The molecular formula is C16H18N2O2S. The van der Waals surface area contributed by atoms with Crippen molar-refractivity contribution in [3.63, 3.8) is 0 Å². The molecule has 1 unspecified atom stereocenters. The second-order valence-electron chi connectivity index (χ2n) is 5.01. The third-order valence-electron chi connectivity index (χ3n) is 3.44. The van der Waals surface area contributed by atoms with Gasteiger partial charge in [-0.25, -0.2) is 0 Å². The van der Waals surface area contributed by atoms with Gasteiger partial charge in [0.1, 0.15) is 0 Å². The Balaban J connectivity index is 1.98. The molecule has 0 aliphatic rings. The summed E-state index contributed by atoms with van der Waals surface area (Å²) in [6.45, 7) is 4.16. The van der Waals surface area contributed by atoms with E-state index < -0.39 is 4.92 Å². The molecule has 0 fully saturated rings. The van der Waals surface area contributed by atoms with E-state index >= 15 is 0 Å². The highest BCUT2D eigenvalue weighted by Crippen LogP contribution is 2.26. The summed E-state index contributed by atoms with van der Waals surface area (Å²) in [5.41, 5.74) is 9.94. The van der Waals surface area contributed by atoms with Crippen molar-refractivity contribution in [1.29, 1.82) is 0 Å². The highest BCUT2D eigenvalue weighted by Gasteiger charge is 2.09. The lowest BCUT2D eigenvalue weighted by Gasteiger charge is -2.13. The molecule has 2 aromatic carbocycles. The summed E-state index contributed by atoms with van der Waals surface area (Å²) >= 11 is 1.61. The third kappa shape index (κ3) is 4.06. The molecule has 0 aromatic heterocycles. The van der Waals surface area contributed by atoms with E-state index in [1.807, 2.05) is 0 Å². The van der Waals surface area contributed by atoms with Crippen molar-refractivity contribution in [2.24, 2.45) is 5.73 Å². The maximum absolute atomic E-state index is 10.6. The van der Waals surface area contributed by atoms with Crippen LogP contribution in [0, 0.1) is 24.0 Å². The Bertz CT molecular complexity index is 641. The lowest BCUT2D eigenvalue weighted by molar-refractivity contribution is -0.384. The molecule has 110 valence electrons. The molecule has 0 spiro atoms. The molecule has 0 saturated heterocycles. The van der Waals surface area contributed by atoms with Crippen LogP contribution in [0.5, 0.6) is 0 Å². The summed E-state index contributed by atoms with van der Waals surface area (Å²) in [6.07, 6.45) is 0. The van der Waals surface area contributed by atoms with Crippen LogP contribution in [0.3, 0.4) is 0 Å². The van der Waals surface area contributed by atoms with Gasteiger partial charge in [-0.3, -0.25) is 10.1 Å². The highest BCUT2D eigenvalue weighted by molar-refractivity contribution is 7.99. The van der Waals surface area contributed by atoms with Gasteiger partial charge in [0.15, 0.2) is 0 Å². The lowest BCUT2D eigenvalue weighted by Crippen LogP contribution is -2.13. The van der Waals surface area contributed by atoms with Gasteiger partial charge in [0.25, 0.3) is 5.69 Å². The van der Waals surface area contributed by atoms with Crippen molar-refractivity contribution in [3.05, 3.63) is 69.3 Å². The monoisotopic (exact) mass is 302 g/mol. The molecule has 0 heterocycles. The van der Waals surface area contributed by atoms with Crippen LogP contribution in [0.4, 0.5) is 5.69 Å². The fraction of sp³-hybridized carbons (Fsp3) is 0.250. The van der Waals surface area contributed by atoms with Gasteiger partial charge in [0, 0.05) is 28.8 Å². The highest BCUT2D eigenvalue weighted by atomic mass is 32.2. The third-order valence-corrected chi connectivity index (χ3v) is 4.57. The zero-order valence-corrected chi connectivity index (χ0v) is 12.9. The molecule has 0 aliphatic heterocycles. The van der Waals surface area contributed by atoms with Gasteiger partial charge in [-0.15, -0.1) is 11.8 Å². The Kier molecular flexibility index (Phi) is 4.98. The standard InChI is InChI=1S/C16H18N2O2S/c1-11-3-4-13(9-12(11)2)16(17)10-21-15-7-5-14(6-8-15)18(19)20/h3-9,16H,10,17H2,1-2H3. The van der Waals surface area contributed by atoms with E-state index in [1.54, 1.807) is 23.9 Å². The zero-order chi connectivity index (χ0) is 15.4. The Hall–Kier alpha value is -1.85. The maximum atomic E-state index is 10.6. The number of non-ortho nitro benzene ring substituents is 1. The number of nitro groups is 1. The predicted molar refractivity (Wildman–Crippen MR) is 86.7 cm³/mol. The second-order valence-corrected chi connectivity index (χ2v) is 6.11. The van der Waals surface area contributed by atoms with Crippen molar-refractivity contribution in [2.45, 2.75) is 24.8 Å². The zero-order valence-electron chi connectivity index (χ0n) is 12.1. The first-order valence-corrected chi connectivity index (χ1v) is 7.66. The molecule has 1 atom stereocenters. The molecule has 0 bridgehead atoms. The predicted octanol–water partition coefficient (Wildman–Crippen LogP) is 4.00. The van der Waals surface area contributed by atoms with Crippen LogP contribution in [0.25, 0.3) is 0 Å². The first-order chi connectivity index (χ1) is 9.97. The van der Waals surface area contributed by atoms with Crippen molar-refractivity contribution >= 4 is 17.4 Å². The molecule has 4 nitrogen and oxygen atoms in total. The summed E-state index contributed by atoms with van der Waals surface area (Å²) < 4.78 is 0. The average Bonchev–Trinajstić information content (AvgIpc) is 2.48. The van der Waals surface area contributed by atoms with Gasteiger partial charge in [0.2, 0.25) is 0 Å². The van der Waals surface area contributed by atoms with Crippen molar-refractivity contribution in [2.75, 3.05) is 5.75 Å². The quantitative estimate of drug-likeness (QED) is 0.515. The van der Waals surface area contributed by atoms with E-state index in [0.29, 0.717) is 0 Å². The SMILES string of the molecule is Cc1ccc(C(N)CSc2ccc([N+](=O)[O-])cc2)cc1C. The lowest BCUT2D eigenvalue weighted by atomic mass is 10.0. The average molecular weight is 302 g/mol. The first kappa shape index (κ1) is 15.5. The topological polar surface area (TPSA) is 69.2 Å². The van der Waals surface area contributed by atoms with Gasteiger partial charge in [0.05, 0.1) is 4.92 Å². The van der Waals surface area contributed by atoms with Gasteiger partial charge >= 0.3 is 0 Å². The normalized spacial score (nSPS) is 12.1. The van der Waals surface area contributed by atoms with Crippen molar-refractivity contribution in [1.82, 2.24) is 0 Å². The van der Waals surface area contributed by atoms with Crippen LogP contribution < -0.4 is 5.73 Å². The Morgan fingerprint density at radius 3 is 2.38 bits per heavy atom. The van der Waals surface area contributed by atoms with E-state index in [-0.39, 0.29) is 11.7 Å². The summed E-state index contributed by atoms with van der Waals surface area (Å²) in [6, 6.07) is 12.8. The molecule has 0 amide bonds. The molecule has 0 radical (unpaired) electrons. The maximum Gasteiger partial charge on any atom is 0.269 e. The summed E-state index contributed by atoms with van der Waals surface area (Å²) in [5, 5.41) is 10.6. The summed E-state index contributed by atoms with van der Waals surface area (Å²) in [7, 11) is 0. The van der Waals surface area contributed by atoms with E-state index in [1.165, 1.54) is 23.3 Å². The molecule has 2 rings (SSSR count). The number of nitrogens with zero attached hydrogens (tertiary/aromatic N) is 1. The number of benzene rings is 2. The summed E-state index contributed by atoms with van der Waals surface area (Å²) in [4.78, 5) is 11.2. The number of rotatable bonds is 5. The number of thioether (sulfide) groups is 1. The van der Waals surface area contributed by atoms with Crippen LogP contribution in [0.1, 0.15) is 22.7 Å². The second kappa shape index (κ2) is 6.74. The number of nitrogens with two attached hydrogens (primary N) is 1. The smallest absolute Gasteiger partial charge is 0.269 e.